The molecule has 2 rings (SSSR count). The van der Waals surface area contributed by atoms with Gasteiger partial charge in [0.15, 0.2) is 0 Å². The van der Waals surface area contributed by atoms with Gasteiger partial charge in [0.05, 0.1) is 0 Å². The van der Waals surface area contributed by atoms with E-state index in [9.17, 15) is 13.6 Å². The van der Waals surface area contributed by atoms with Crippen molar-refractivity contribution < 1.29 is 13.6 Å². The average Bonchev–Trinajstić information content (AvgIpc) is 2.30. The van der Waals surface area contributed by atoms with E-state index in [0.29, 0.717) is 6.54 Å². The lowest BCUT2D eigenvalue weighted by atomic mass is 9.91. The number of nitrogens with zero attached hydrogens (tertiary/aromatic N) is 1. The maximum atomic E-state index is 13.7. The number of hydrogen-bond acceptors (Lipinski definition) is 2. The van der Waals surface area contributed by atoms with E-state index < -0.39 is 11.6 Å². The first kappa shape index (κ1) is 13.8. The largest absolute Gasteiger partial charge is 0.381 e. The molecule has 19 heavy (non-hydrogen) atoms. The number of amides is 1. The number of nitrogens with one attached hydrogen (secondary N) is 1. The van der Waals surface area contributed by atoms with Crippen molar-refractivity contribution in [1.29, 1.82) is 0 Å². The third-order valence-electron chi connectivity index (χ3n) is 3.59. The maximum absolute atomic E-state index is 13.7. The highest BCUT2D eigenvalue weighted by atomic mass is 19.1. The minimum Gasteiger partial charge on any atom is -0.381 e. The molecule has 5 heteroatoms. The van der Waals surface area contributed by atoms with Gasteiger partial charge in [0.1, 0.15) is 17.3 Å². The summed E-state index contributed by atoms with van der Waals surface area (Å²) in [6, 6.07) is 2.39. The van der Waals surface area contributed by atoms with Gasteiger partial charge in [-0.15, -0.1) is 0 Å². The Morgan fingerprint density at radius 2 is 1.95 bits per heavy atom. The Hall–Kier alpha value is -1.65. The number of carbonyl (C=O) groups excluding carboxylic acids is 1. The van der Waals surface area contributed by atoms with E-state index in [1.807, 2.05) is 0 Å². The van der Waals surface area contributed by atoms with Crippen LogP contribution in [0.2, 0.25) is 0 Å². The van der Waals surface area contributed by atoms with Gasteiger partial charge < -0.3 is 10.2 Å². The van der Waals surface area contributed by atoms with Crippen LogP contribution in [0.5, 0.6) is 0 Å². The van der Waals surface area contributed by atoms with Gasteiger partial charge in [-0.2, -0.15) is 0 Å². The van der Waals surface area contributed by atoms with Crippen molar-refractivity contribution in [2.75, 3.05) is 18.9 Å². The summed E-state index contributed by atoms with van der Waals surface area (Å²) in [6.07, 6.45) is 3.02. The molecule has 0 heterocycles. The Morgan fingerprint density at radius 1 is 1.37 bits per heavy atom. The van der Waals surface area contributed by atoms with E-state index >= 15 is 0 Å². The van der Waals surface area contributed by atoms with Crippen molar-refractivity contribution in [2.45, 2.75) is 32.2 Å². The molecule has 1 fully saturated rings. The molecule has 0 unspecified atom stereocenters. The van der Waals surface area contributed by atoms with Gasteiger partial charge in [-0.25, -0.2) is 8.78 Å². The van der Waals surface area contributed by atoms with Gasteiger partial charge in [-0.1, -0.05) is 0 Å². The van der Waals surface area contributed by atoms with Gasteiger partial charge in [-0.05, 0) is 38.3 Å². The van der Waals surface area contributed by atoms with Crippen LogP contribution in [0.25, 0.3) is 0 Å². The number of hydrogen-bond donors (Lipinski definition) is 1. The summed E-state index contributed by atoms with van der Waals surface area (Å²) in [4.78, 5) is 13.7. The first-order valence-corrected chi connectivity index (χ1v) is 6.54. The summed E-state index contributed by atoms with van der Waals surface area (Å²) in [7, 11) is 1.68. The van der Waals surface area contributed by atoms with E-state index in [4.69, 9.17) is 0 Å². The van der Waals surface area contributed by atoms with E-state index in [1.54, 1.807) is 18.9 Å². The second-order valence-electron chi connectivity index (χ2n) is 4.85. The topological polar surface area (TPSA) is 32.3 Å². The molecular weight excluding hydrogens is 250 g/mol. The summed E-state index contributed by atoms with van der Waals surface area (Å²) in [6.45, 7) is 2.17. The Morgan fingerprint density at radius 3 is 2.37 bits per heavy atom. The van der Waals surface area contributed by atoms with Crippen LogP contribution in [0.1, 0.15) is 36.5 Å². The Balaban J connectivity index is 2.22. The molecule has 3 nitrogen and oxygen atoms in total. The summed E-state index contributed by atoms with van der Waals surface area (Å²) < 4.78 is 27.5. The number of benzene rings is 1. The third kappa shape index (κ3) is 2.69. The minimum atomic E-state index is -0.729. The highest BCUT2D eigenvalue weighted by Crippen LogP contribution is 2.26. The molecule has 1 aromatic rings. The predicted octanol–water partition coefficient (Wildman–Crippen LogP) is 3.02. The zero-order valence-corrected chi connectivity index (χ0v) is 11.2. The van der Waals surface area contributed by atoms with Gasteiger partial charge in [0.25, 0.3) is 5.91 Å². The van der Waals surface area contributed by atoms with Gasteiger partial charge in [0.2, 0.25) is 0 Å². The molecule has 0 aromatic heterocycles. The number of anilines is 1. The molecule has 104 valence electrons. The molecule has 0 aliphatic heterocycles. The zero-order valence-electron chi connectivity index (χ0n) is 11.2. The van der Waals surface area contributed by atoms with Crippen molar-refractivity contribution >= 4 is 11.6 Å². The van der Waals surface area contributed by atoms with Crippen LogP contribution in [0.15, 0.2) is 12.1 Å². The van der Waals surface area contributed by atoms with Crippen LogP contribution in [0.4, 0.5) is 14.5 Å². The molecule has 0 radical (unpaired) electrons. The SMILES string of the molecule is CCNc1c(F)cc(C(=O)N(C)C2CCC2)cc1F. The Labute approximate surface area is 111 Å². The van der Waals surface area contributed by atoms with Crippen LogP contribution < -0.4 is 5.32 Å². The number of carbonyl (C=O) groups is 1. The van der Waals surface area contributed by atoms with Crippen LogP contribution in [0.3, 0.4) is 0 Å². The molecule has 1 amide bonds. The summed E-state index contributed by atoms with van der Waals surface area (Å²) in [5.41, 5.74) is -0.114. The van der Waals surface area contributed by atoms with Crippen LogP contribution >= 0.6 is 0 Å². The number of halogens is 2. The van der Waals surface area contributed by atoms with Crippen LogP contribution in [0, 0.1) is 11.6 Å². The third-order valence-corrected chi connectivity index (χ3v) is 3.59. The maximum Gasteiger partial charge on any atom is 0.254 e. The second-order valence-corrected chi connectivity index (χ2v) is 4.85. The van der Waals surface area contributed by atoms with E-state index in [0.717, 1.165) is 31.4 Å². The second kappa shape index (κ2) is 5.55. The monoisotopic (exact) mass is 268 g/mol. The van der Waals surface area contributed by atoms with Crippen molar-refractivity contribution in [3.63, 3.8) is 0 Å². The van der Waals surface area contributed by atoms with Crippen molar-refractivity contribution in [3.8, 4) is 0 Å². The quantitative estimate of drug-likeness (QED) is 0.910. The van der Waals surface area contributed by atoms with Crippen molar-refractivity contribution in [2.24, 2.45) is 0 Å². The first-order valence-electron chi connectivity index (χ1n) is 6.54. The molecule has 1 N–H and O–H groups in total. The summed E-state index contributed by atoms with van der Waals surface area (Å²) in [5.74, 6) is -1.79. The average molecular weight is 268 g/mol. The summed E-state index contributed by atoms with van der Waals surface area (Å²) in [5, 5.41) is 2.61. The molecule has 1 saturated carbocycles. The van der Waals surface area contributed by atoms with Gasteiger partial charge in [-0.3, -0.25) is 4.79 Å². The molecule has 1 aliphatic carbocycles. The Kier molecular flexibility index (Phi) is 4.02. The van der Waals surface area contributed by atoms with Crippen molar-refractivity contribution in [1.82, 2.24) is 4.90 Å². The lowest BCUT2D eigenvalue weighted by Gasteiger charge is -2.34. The lowest BCUT2D eigenvalue weighted by molar-refractivity contribution is 0.0651. The lowest BCUT2D eigenvalue weighted by Crippen LogP contribution is -2.41. The molecular formula is C14H18F2N2O. The predicted molar refractivity (Wildman–Crippen MR) is 70.3 cm³/mol. The zero-order chi connectivity index (χ0) is 14.0. The van der Waals surface area contributed by atoms with Crippen molar-refractivity contribution in [3.05, 3.63) is 29.3 Å². The molecule has 0 saturated heterocycles. The highest BCUT2D eigenvalue weighted by Gasteiger charge is 2.27. The normalized spacial score (nSPS) is 14.9. The highest BCUT2D eigenvalue weighted by molar-refractivity contribution is 5.94. The molecule has 0 spiro atoms. The van der Waals surface area contributed by atoms with Crippen LogP contribution in [-0.4, -0.2) is 30.4 Å². The smallest absolute Gasteiger partial charge is 0.254 e. The Bertz CT molecular complexity index is 463. The molecule has 1 aliphatic rings. The number of rotatable bonds is 4. The van der Waals surface area contributed by atoms with E-state index in [1.165, 1.54) is 0 Å². The molecule has 0 atom stereocenters. The van der Waals surface area contributed by atoms with Gasteiger partial charge >= 0.3 is 0 Å². The fraction of sp³-hybridized carbons (Fsp3) is 0.500. The fourth-order valence-electron chi connectivity index (χ4n) is 2.19. The van der Waals surface area contributed by atoms with Crippen LogP contribution in [-0.2, 0) is 0 Å². The molecule has 1 aromatic carbocycles. The molecule has 0 bridgehead atoms. The summed E-state index contributed by atoms with van der Waals surface area (Å²) >= 11 is 0. The fourth-order valence-corrected chi connectivity index (χ4v) is 2.19. The van der Waals surface area contributed by atoms with Gasteiger partial charge in [0, 0.05) is 25.2 Å². The van der Waals surface area contributed by atoms with E-state index in [2.05, 4.69) is 5.32 Å². The standard InChI is InChI=1S/C14H18F2N2O/c1-3-17-13-11(15)7-9(8-12(13)16)14(19)18(2)10-5-4-6-10/h7-8,10,17H,3-6H2,1-2H3. The van der Waals surface area contributed by atoms with E-state index in [-0.39, 0.29) is 23.2 Å². The minimum absolute atomic E-state index is 0.0612. The first-order chi connectivity index (χ1) is 9.04.